The standard InChI is InChI=1S/C16H12N2O4/c19-14-10-16(15(20)17-14,11-5-2-1-3-6-11)12-7-4-8-13(9-12)18(21)22/h1-9H,10H2,(H,17,19,20). The Morgan fingerprint density at radius 2 is 1.68 bits per heavy atom. The van der Waals surface area contributed by atoms with Gasteiger partial charge < -0.3 is 0 Å². The van der Waals surface area contributed by atoms with Crippen LogP contribution in [0.4, 0.5) is 5.69 Å². The van der Waals surface area contributed by atoms with Crippen LogP contribution in [-0.4, -0.2) is 16.7 Å². The number of carbonyl (C=O) groups is 2. The summed E-state index contributed by atoms with van der Waals surface area (Å²) in [5.74, 6) is -0.843. The van der Waals surface area contributed by atoms with Crippen LogP contribution in [0.1, 0.15) is 17.5 Å². The van der Waals surface area contributed by atoms with E-state index in [2.05, 4.69) is 5.32 Å². The average Bonchev–Trinajstić information content (AvgIpc) is 2.84. The molecule has 110 valence electrons. The number of non-ortho nitro benzene ring substituents is 1. The topological polar surface area (TPSA) is 89.3 Å². The molecule has 2 aromatic rings. The van der Waals surface area contributed by atoms with Crippen molar-refractivity contribution in [2.24, 2.45) is 0 Å². The lowest BCUT2D eigenvalue weighted by Crippen LogP contribution is -2.36. The Labute approximate surface area is 125 Å². The van der Waals surface area contributed by atoms with Gasteiger partial charge in [-0.15, -0.1) is 0 Å². The van der Waals surface area contributed by atoms with E-state index in [1.165, 1.54) is 18.2 Å². The molecule has 1 aliphatic heterocycles. The third kappa shape index (κ3) is 2.05. The summed E-state index contributed by atoms with van der Waals surface area (Å²) in [6.07, 6.45) is -0.0585. The molecule has 1 unspecified atom stereocenters. The Hall–Kier alpha value is -3.02. The molecular weight excluding hydrogens is 284 g/mol. The zero-order valence-electron chi connectivity index (χ0n) is 11.5. The summed E-state index contributed by atoms with van der Waals surface area (Å²) in [6.45, 7) is 0. The zero-order chi connectivity index (χ0) is 15.7. The van der Waals surface area contributed by atoms with E-state index in [0.29, 0.717) is 11.1 Å². The van der Waals surface area contributed by atoms with Crippen molar-refractivity contribution in [3.05, 3.63) is 75.8 Å². The maximum Gasteiger partial charge on any atom is 0.269 e. The number of nitrogens with zero attached hydrogens (tertiary/aromatic N) is 1. The molecule has 3 rings (SSSR count). The predicted molar refractivity (Wildman–Crippen MR) is 78.1 cm³/mol. The van der Waals surface area contributed by atoms with Gasteiger partial charge in [-0.1, -0.05) is 42.5 Å². The third-order valence-corrected chi connectivity index (χ3v) is 3.88. The van der Waals surface area contributed by atoms with Crippen LogP contribution in [0.5, 0.6) is 0 Å². The van der Waals surface area contributed by atoms with Gasteiger partial charge in [0.15, 0.2) is 0 Å². The van der Waals surface area contributed by atoms with E-state index in [4.69, 9.17) is 0 Å². The Kier molecular flexibility index (Phi) is 3.21. The van der Waals surface area contributed by atoms with Crippen molar-refractivity contribution in [2.45, 2.75) is 11.8 Å². The number of rotatable bonds is 3. The van der Waals surface area contributed by atoms with Crippen molar-refractivity contribution in [1.29, 1.82) is 0 Å². The highest BCUT2D eigenvalue weighted by Crippen LogP contribution is 2.40. The van der Waals surface area contributed by atoms with E-state index < -0.39 is 16.2 Å². The quantitative estimate of drug-likeness (QED) is 0.532. The van der Waals surface area contributed by atoms with Gasteiger partial charge in [-0.05, 0) is 11.1 Å². The number of carbonyl (C=O) groups excluding carboxylic acids is 2. The van der Waals surface area contributed by atoms with Crippen LogP contribution in [-0.2, 0) is 15.0 Å². The number of hydrogen-bond acceptors (Lipinski definition) is 4. The fourth-order valence-corrected chi connectivity index (χ4v) is 2.84. The van der Waals surface area contributed by atoms with Gasteiger partial charge in [0, 0.05) is 18.6 Å². The highest BCUT2D eigenvalue weighted by Gasteiger charge is 2.49. The van der Waals surface area contributed by atoms with Crippen LogP contribution >= 0.6 is 0 Å². The maximum absolute atomic E-state index is 12.5. The van der Waals surface area contributed by atoms with Crippen molar-refractivity contribution in [1.82, 2.24) is 5.32 Å². The molecule has 0 radical (unpaired) electrons. The van der Waals surface area contributed by atoms with Crippen molar-refractivity contribution < 1.29 is 14.5 Å². The minimum absolute atomic E-state index is 0.0585. The number of hydrogen-bond donors (Lipinski definition) is 1. The molecule has 1 atom stereocenters. The van der Waals surface area contributed by atoms with Crippen LogP contribution in [0.3, 0.4) is 0 Å². The number of imide groups is 1. The second-order valence-corrected chi connectivity index (χ2v) is 5.13. The molecule has 0 bridgehead atoms. The smallest absolute Gasteiger partial charge is 0.269 e. The maximum atomic E-state index is 12.5. The Balaban J connectivity index is 2.24. The van der Waals surface area contributed by atoms with E-state index in [1.54, 1.807) is 36.4 Å². The van der Waals surface area contributed by atoms with Gasteiger partial charge in [-0.25, -0.2) is 0 Å². The Bertz CT molecular complexity index is 773. The lowest BCUT2D eigenvalue weighted by molar-refractivity contribution is -0.384. The summed E-state index contributed by atoms with van der Waals surface area (Å²) in [4.78, 5) is 34.7. The first-order chi connectivity index (χ1) is 10.5. The fraction of sp³-hybridized carbons (Fsp3) is 0.125. The summed E-state index contributed by atoms with van der Waals surface area (Å²) in [5, 5.41) is 13.3. The van der Waals surface area contributed by atoms with Gasteiger partial charge in [-0.2, -0.15) is 0 Å². The lowest BCUT2D eigenvalue weighted by atomic mass is 9.73. The molecule has 0 aliphatic carbocycles. The summed E-state index contributed by atoms with van der Waals surface area (Å²) < 4.78 is 0. The summed E-state index contributed by atoms with van der Waals surface area (Å²) in [5.41, 5.74) is -0.250. The minimum Gasteiger partial charge on any atom is -0.295 e. The van der Waals surface area contributed by atoms with Crippen molar-refractivity contribution in [3.8, 4) is 0 Å². The van der Waals surface area contributed by atoms with E-state index in [0.717, 1.165) is 0 Å². The molecule has 0 saturated carbocycles. The molecule has 1 fully saturated rings. The minimum atomic E-state index is -1.22. The molecule has 0 aromatic heterocycles. The summed E-state index contributed by atoms with van der Waals surface area (Å²) >= 11 is 0. The molecule has 1 saturated heterocycles. The fourth-order valence-electron chi connectivity index (χ4n) is 2.84. The number of nitrogens with one attached hydrogen (secondary N) is 1. The van der Waals surface area contributed by atoms with Crippen LogP contribution in [0.25, 0.3) is 0 Å². The highest BCUT2D eigenvalue weighted by atomic mass is 16.6. The molecule has 2 aromatic carbocycles. The van der Waals surface area contributed by atoms with E-state index >= 15 is 0 Å². The van der Waals surface area contributed by atoms with Crippen molar-refractivity contribution in [2.75, 3.05) is 0 Å². The summed E-state index contributed by atoms with van der Waals surface area (Å²) in [7, 11) is 0. The third-order valence-electron chi connectivity index (χ3n) is 3.88. The van der Waals surface area contributed by atoms with Crippen LogP contribution in [0.2, 0.25) is 0 Å². The number of nitro groups is 1. The van der Waals surface area contributed by atoms with Gasteiger partial charge in [-0.3, -0.25) is 25.0 Å². The second kappa shape index (κ2) is 5.07. The number of benzene rings is 2. The normalized spacial score (nSPS) is 20.7. The van der Waals surface area contributed by atoms with Crippen molar-refractivity contribution in [3.63, 3.8) is 0 Å². The van der Waals surface area contributed by atoms with Gasteiger partial charge >= 0.3 is 0 Å². The molecule has 1 N–H and O–H groups in total. The van der Waals surface area contributed by atoms with E-state index in [9.17, 15) is 19.7 Å². The Morgan fingerprint density at radius 3 is 2.27 bits per heavy atom. The molecule has 1 aliphatic rings. The zero-order valence-corrected chi connectivity index (χ0v) is 11.5. The lowest BCUT2D eigenvalue weighted by Gasteiger charge is -2.26. The second-order valence-electron chi connectivity index (χ2n) is 5.13. The van der Waals surface area contributed by atoms with Gasteiger partial charge in [0.1, 0.15) is 5.41 Å². The molecule has 1 heterocycles. The van der Waals surface area contributed by atoms with Gasteiger partial charge in [0.2, 0.25) is 11.8 Å². The van der Waals surface area contributed by atoms with Crippen molar-refractivity contribution >= 4 is 17.5 Å². The van der Waals surface area contributed by atoms with Crippen LogP contribution < -0.4 is 5.32 Å². The van der Waals surface area contributed by atoms with Gasteiger partial charge in [0.25, 0.3) is 5.69 Å². The van der Waals surface area contributed by atoms with Crippen LogP contribution in [0.15, 0.2) is 54.6 Å². The Morgan fingerprint density at radius 1 is 1.00 bits per heavy atom. The molecule has 2 amide bonds. The first-order valence-corrected chi connectivity index (χ1v) is 6.69. The molecule has 0 spiro atoms. The molecule has 6 heteroatoms. The largest absolute Gasteiger partial charge is 0.295 e. The van der Waals surface area contributed by atoms with Gasteiger partial charge in [0.05, 0.1) is 4.92 Å². The molecular formula is C16H12N2O4. The van der Waals surface area contributed by atoms with E-state index in [1.807, 2.05) is 0 Å². The number of nitro benzene ring substituents is 1. The number of amides is 2. The van der Waals surface area contributed by atoms with E-state index in [-0.39, 0.29) is 18.0 Å². The van der Waals surface area contributed by atoms with Crippen LogP contribution in [0, 0.1) is 10.1 Å². The SMILES string of the molecule is O=C1CC(c2ccccc2)(c2cccc([N+](=O)[O-])c2)C(=O)N1. The average molecular weight is 296 g/mol. The molecule has 6 nitrogen and oxygen atoms in total. The highest BCUT2D eigenvalue weighted by molar-refractivity contribution is 6.11. The monoisotopic (exact) mass is 296 g/mol. The molecule has 22 heavy (non-hydrogen) atoms. The predicted octanol–water partition coefficient (Wildman–Crippen LogP) is 1.93. The first kappa shape index (κ1) is 13.9. The first-order valence-electron chi connectivity index (χ1n) is 6.69. The summed E-state index contributed by atoms with van der Waals surface area (Å²) in [6, 6.07) is 14.7.